The van der Waals surface area contributed by atoms with Crippen molar-refractivity contribution >= 4 is 21.9 Å². The molecule has 0 fully saturated rings. The number of nitriles is 1. The van der Waals surface area contributed by atoms with E-state index in [1.165, 1.54) is 12.1 Å². The van der Waals surface area contributed by atoms with Gasteiger partial charge in [-0.1, -0.05) is 24.3 Å². The third-order valence-corrected chi connectivity index (χ3v) is 5.67. The molecule has 1 N–H and O–H groups in total. The monoisotopic (exact) mass is 407 g/mol. The lowest BCUT2D eigenvalue weighted by Crippen LogP contribution is -2.21. The van der Waals surface area contributed by atoms with Gasteiger partial charge in [0.25, 0.3) is 0 Å². The van der Waals surface area contributed by atoms with Gasteiger partial charge in [0, 0.05) is 12.4 Å². The van der Waals surface area contributed by atoms with Crippen LogP contribution in [0, 0.1) is 29.5 Å². The highest BCUT2D eigenvalue weighted by molar-refractivity contribution is 6.04. The van der Waals surface area contributed by atoms with Crippen molar-refractivity contribution in [1.82, 2.24) is 14.1 Å². The summed E-state index contributed by atoms with van der Waals surface area (Å²) >= 11 is 0. The number of hydrogen-bond acceptors (Lipinski definition) is 3. The Hall–Kier alpha value is -4.24. The number of aromatic nitrogens is 3. The zero-order valence-electron chi connectivity index (χ0n) is 17.0. The molecular weight excluding hydrogens is 389 g/mol. The van der Waals surface area contributed by atoms with Gasteiger partial charge in [-0.25, -0.2) is 4.39 Å². The van der Waals surface area contributed by atoms with E-state index >= 15 is 0 Å². The molecule has 31 heavy (non-hydrogen) atoms. The third-order valence-electron chi connectivity index (χ3n) is 5.67. The SMILES string of the molecule is Cc1ccc(C#N)cc1-n1c(=N)n(C)c2cnc3ccc(-c4cccc(F)c4)cc3c21. The number of nitrogens with one attached hydrogen (secondary N) is 1. The van der Waals surface area contributed by atoms with Gasteiger partial charge >= 0.3 is 0 Å². The van der Waals surface area contributed by atoms with Gasteiger partial charge in [0.15, 0.2) is 0 Å². The average molecular weight is 407 g/mol. The first kappa shape index (κ1) is 18.8. The maximum absolute atomic E-state index is 13.8. The van der Waals surface area contributed by atoms with E-state index in [1.54, 1.807) is 29.0 Å². The zero-order valence-corrected chi connectivity index (χ0v) is 17.0. The number of nitrogens with zero attached hydrogens (tertiary/aromatic N) is 4. The lowest BCUT2D eigenvalue weighted by atomic mass is 10.0. The number of halogens is 1. The Bertz CT molecular complexity index is 1600. The van der Waals surface area contributed by atoms with Crippen molar-refractivity contribution in [3.8, 4) is 22.9 Å². The highest BCUT2D eigenvalue weighted by atomic mass is 19.1. The number of hydrogen-bond donors (Lipinski definition) is 1. The van der Waals surface area contributed by atoms with Gasteiger partial charge in [-0.2, -0.15) is 5.26 Å². The summed E-state index contributed by atoms with van der Waals surface area (Å²) in [5.74, 6) is -0.291. The van der Waals surface area contributed by atoms with Crippen LogP contribution in [0.1, 0.15) is 11.1 Å². The predicted molar refractivity (Wildman–Crippen MR) is 118 cm³/mol. The van der Waals surface area contributed by atoms with Gasteiger partial charge in [-0.15, -0.1) is 0 Å². The first-order valence-electron chi connectivity index (χ1n) is 9.80. The van der Waals surface area contributed by atoms with E-state index in [9.17, 15) is 9.65 Å². The van der Waals surface area contributed by atoms with Crippen molar-refractivity contribution in [2.45, 2.75) is 6.92 Å². The molecule has 0 radical (unpaired) electrons. The minimum absolute atomic E-state index is 0.277. The zero-order chi connectivity index (χ0) is 21.7. The van der Waals surface area contributed by atoms with Crippen molar-refractivity contribution in [3.63, 3.8) is 0 Å². The van der Waals surface area contributed by atoms with Crippen molar-refractivity contribution in [2.75, 3.05) is 0 Å². The molecule has 2 aromatic heterocycles. The molecule has 0 saturated heterocycles. The molecule has 6 heteroatoms. The fraction of sp³-hybridized carbons (Fsp3) is 0.0800. The lowest BCUT2D eigenvalue weighted by molar-refractivity contribution is 0.628. The van der Waals surface area contributed by atoms with Gasteiger partial charge in [0.05, 0.1) is 40.1 Å². The number of fused-ring (bicyclic) bond motifs is 3. The third kappa shape index (κ3) is 2.90. The summed E-state index contributed by atoms with van der Waals surface area (Å²) in [5.41, 5.74) is 6.59. The second kappa shape index (κ2) is 6.92. The molecule has 3 aromatic carbocycles. The highest BCUT2D eigenvalue weighted by Crippen LogP contribution is 2.30. The largest absolute Gasteiger partial charge is 0.312 e. The molecule has 0 unspecified atom stereocenters. The Labute approximate surface area is 177 Å². The van der Waals surface area contributed by atoms with E-state index in [0.29, 0.717) is 5.56 Å². The Kier molecular flexibility index (Phi) is 4.19. The van der Waals surface area contributed by atoms with Crippen LogP contribution in [0.15, 0.2) is 66.9 Å². The topological polar surface area (TPSA) is 70.4 Å². The Morgan fingerprint density at radius 1 is 1.03 bits per heavy atom. The summed E-state index contributed by atoms with van der Waals surface area (Å²) in [6.07, 6.45) is 1.76. The van der Waals surface area contributed by atoms with Crippen LogP contribution in [0.2, 0.25) is 0 Å². The van der Waals surface area contributed by atoms with Crippen LogP contribution in [0.4, 0.5) is 4.39 Å². The van der Waals surface area contributed by atoms with E-state index in [1.807, 2.05) is 48.9 Å². The standard InChI is InChI=1S/C25H18FN5/c1-15-6-7-16(13-27)10-22(15)31-24-20-12-18(17-4-3-5-19(26)11-17)8-9-21(20)29-14-23(24)30(2)25(31)28/h3-12,14,28H,1-2H3. The highest BCUT2D eigenvalue weighted by Gasteiger charge is 2.17. The van der Waals surface area contributed by atoms with Crippen LogP contribution in [0.3, 0.4) is 0 Å². The number of aryl methyl sites for hydroxylation is 2. The number of rotatable bonds is 2. The number of benzene rings is 3. The van der Waals surface area contributed by atoms with Crippen LogP contribution in [-0.2, 0) is 7.05 Å². The normalized spacial score (nSPS) is 11.2. The molecule has 0 aliphatic carbocycles. The van der Waals surface area contributed by atoms with E-state index < -0.39 is 0 Å². The minimum Gasteiger partial charge on any atom is -0.312 e. The molecule has 0 spiro atoms. The summed E-state index contributed by atoms with van der Waals surface area (Å²) in [5, 5.41) is 19.0. The molecule has 0 aliphatic heterocycles. The van der Waals surface area contributed by atoms with Gasteiger partial charge < -0.3 is 4.57 Å². The van der Waals surface area contributed by atoms with E-state index in [0.717, 1.165) is 44.3 Å². The first-order chi connectivity index (χ1) is 15.0. The smallest absolute Gasteiger partial charge is 0.207 e. The fourth-order valence-electron chi connectivity index (χ4n) is 4.02. The molecule has 150 valence electrons. The summed E-state index contributed by atoms with van der Waals surface area (Å²) in [4.78, 5) is 4.58. The Morgan fingerprint density at radius 3 is 2.61 bits per heavy atom. The van der Waals surface area contributed by atoms with Crippen molar-refractivity contribution < 1.29 is 4.39 Å². The predicted octanol–water partition coefficient (Wildman–Crippen LogP) is 4.98. The van der Waals surface area contributed by atoms with E-state index in [4.69, 9.17) is 5.41 Å². The van der Waals surface area contributed by atoms with Gasteiger partial charge in [-0.05, 0) is 60.0 Å². The van der Waals surface area contributed by atoms with Gasteiger partial charge in [0.2, 0.25) is 5.62 Å². The second-order valence-electron chi connectivity index (χ2n) is 7.57. The number of imidazole rings is 1. The van der Waals surface area contributed by atoms with Crippen LogP contribution in [-0.4, -0.2) is 14.1 Å². The quantitative estimate of drug-likeness (QED) is 0.448. The van der Waals surface area contributed by atoms with Crippen molar-refractivity contribution in [1.29, 1.82) is 10.7 Å². The molecule has 0 bridgehead atoms. The molecule has 0 aliphatic rings. The molecule has 0 atom stereocenters. The second-order valence-corrected chi connectivity index (χ2v) is 7.57. The summed E-state index contributed by atoms with van der Waals surface area (Å²) in [6.45, 7) is 1.96. The summed E-state index contributed by atoms with van der Waals surface area (Å²) in [6, 6.07) is 20.0. The van der Waals surface area contributed by atoms with Crippen LogP contribution in [0.25, 0.3) is 38.8 Å². The van der Waals surface area contributed by atoms with Gasteiger partial charge in [0.1, 0.15) is 5.82 Å². The molecule has 2 heterocycles. The van der Waals surface area contributed by atoms with Crippen LogP contribution in [0.5, 0.6) is 0 Å². The number of pyridine rings is 1. The van der Waals surface area contributed by atoms with Crippen LogP contribution < -0.4 is 5.62 Å². The molecule has 5 nitrogen and oxygen atoms in total. The Balaban J connectivity index is 1.91. The van der Waals surface area contributed by atoms with Crippen LogP contribution >= 0.6 is 0 Å². The van der Waals surface area contributed by atoms with Crippen molar-refractivity contribution in [3.05, 3.63) is 89.4 Å². The average Bonchev–Trinajstić information content (AvgIpc) is 3.04. The van der Waals surface area contributed by atoms with E-state index in [-0.39, 0.29) is 11.4 Å². The van der Waals surface area contributed by atoms with Crippen molar-refractivity contribution in [2.24, 2.45) is 7.05 Å². The lowest BCUT2D eigenvalue weighted by Gasteiger charge is -2.11. The molecule has 0 amide bonds. The summed E-state index contributed by atoms with van der Waals surface area (Å²) < 4.78 is 17.4. The summed E-state index contributed by atoms with van der Waals surface area (Å²) in [7, 11) is 1.83. The molecule has 5 aromatic rings. The first-order valence-corrected chi connectivity index (χ1v) is 9.80. The van der Waals surface area contributed by atoms with E-state index in [2.05, 4.69) is 11.1 Å². The maximum Gasteiger partial charge on any atom is 0.207 e. The molecular formula is C25H18FN5. The molecule has 5 rings (SSSR count). The molecule has 0 saturated carbocycles. The van der Waals surface area contributed by atoms with Gasteiger partial charge in [-0.3, -0.25) is 15.0 Å². The fourth-order valence-corrected chi connectivity index (χ4v) is 4.02. The Morgan fingerprint density at radius 2 is 1.84 bits per heavy atom. The minimum atomic E-state index is -0.291. The maximum atomic E-state index is 13.8.